The van der Waals surface area contributed by atoms with Crippen LogP contribution in [0.15, 0.2) is 10.7 Å². The number of anilines is 1. The van der Waals surface area contributed by atoms with E-state index in [0.717, 1.165) is 23.3 Å². The molecule has 0 amide bonds. The van der Waals surface area contributed by atoms with E-state index in [0.29, 0.717) is 6.04 Å². The van der Waals surface area contributed by atoms with Crippen molar-refractivity contribution in [2.24, 2.45) is 0 Å². The zero-order valence-corrected chi connectivity index (χ0v) is 12.1. The van der Waals surface area contributed by atoms with E-state index in [2.05, 4.69) is 43.2 Å². The van der Waals surface area contributed by atoms with Gasteiger partial charge in [0.15, 0.2) is 0 Å². The molecule has 0 aromatic carbocycles. The van der Waals surface area contributed by atoms with Crippen LogP contribution >= 0.6 is 27.5 Å². The van der Waals surface area contributed by atoms with Crippen LogP contribution in [-0.4, -0.2) is 41.0 Å². The van der Waals surface area contributed by atoms with Gasteiger partial charge in [-0.25, -0.2) is 4.98 Å². The first-order valence-corrected chi connectivity index (χ1v) is 6.96. The number of rotatable bonds is 4. The monoisotopic (exact) mass is 318 g/mol. The van der Waals surface area contributed by atoms with E-state index in [9.17, 15) is 0 Å². The second-order valence-electron chi connectivity index (χ2n) is 4.33. The van der Waals surface area contributed by atoms with E-state index in [1.165, 1.54) is 19.4 Å². The zero-order valence-electron chi connectivity index (χ0n) is 9.79. The molecule has 1 atom stereocenters. The zero-order chi connectivity index (χ0) is 12.3. The van der Waals surface area contributed by atoms with E-state index in [1.54, 1.807) is 6.20 Å². The highest BCUT2D eigenvalue weighted by Crippen LogP contribution is 2.21. The quantitative estimate of drug-likeness (QED) is 0.867. The minimum absolute atomic E-state index is 0.272. The Labute approximate surface area is 115 Å². The predicted molar refractivity (Wildman–Crippen MR) is 73.5 cm³/mol. The molecule has 2 rings (SSSR count). The standard InChI is InChI=1S/C11H16BrClN4/c1-17-6-2-3-8(17)4-5-14-10-9(12)7-15-11(13)16-10/h7-8H,2-6H2,1H3,(H,14,15,16). The number of nitrogens with one attached hydrogen (secondary N) is 1. The summed E-state index contributed by atoms with van der Waals surface area (Å²) < 4.78 is 0.849. The molecule has 0 spiro atoms. The Bertz CT molecular complexity index is 388. The van der Waals surface area contributed by atoms with E-state index in [-0.39, 0.29) is 5.28 Å². The smallest absolute Gasteiger partial charge is 0.224 e. The van der Waals surface area contributed by atoms with E-state index in [4.69, 9.17) is 11.6 Å². The first kappa shape index (κ1) is 13.1. The number of aromatic nitrogens is 2. The number of hydrogen-bond acceptors (Lipinski definition) is 4. The molecule has 1 aromatic rings. The lowest BCUT2D eigenvalue weighted by Gasteiger charge is -2.19. The van der Waals surface area contributed by atoms with Crippen molar-refractivity contribution in [2.75, 3.05) is 25.5 Å². The van der Waals surface area contributed by atoms with Gasteiger partial charge in [0.1, 0.15) is 5.82 Å². The molecule has 1 aliphatic heterocycles. The van der Waals surface area contributed by atoms with Crippen LogP contribution in [0.3, 0.4) is 0 Å². The molecule has 1 fully saturated rings. The average Bonchev–Trinajstić information content (AvgIpc) is 2.70. The molecule has 1 aromatic heterocycles. The summed E-state index contributed by atoms with van der Waals surface area (Å²) in [6.45, 7) is 2.12. The molecule has 4 nitrogen and oxygen atoms in total. The number of likely N-dealkylation sites (tertiary alicyclic amines) is 1. The van der Waals surface area contributed by atoms with Crippen molar-refractivity contribution >= 4 is 33.3 Å². The van der Waals surface area contributed by atoms with Gasteiger partial charge in [0, 0.05) is 18.8 Å². The summed E-state index contributed by atoms with van der Waals surface area (Å²) in [5, 5.41) is 3.56. The molecular weight excluding hydrogens is 304 g/mol. The van der Waals surface area contributed by atoms with Crippen LogP contribution in [0.2, 0.25) is 5.28 Å². The van der Waals surface area contributed by atoms with Gasteiger partial charge in [-0.05, 0) is 60.4 Å². The summed E-state index contributed by atoms with van der Waals surface area (Å²) >= 11 is 9.15. The summed E-state index contributed by atoms with van der Waals surface area (Å²) in [5.74, 6) is 0.769. The molecule has 1 aliphatic rings. The topological polar surface area (TPSA) is 41.0 Å². The number of hydrogen-bond donors (Lipinski definition) is 1. The van der Waals surface area contributed by atoms with Crippen LogP contribution < -0.4 is 5.32 Å². The maximum atomic E-state index is 5.75. The normalized spacial score (nSPS) is 20.8. The largest absolute Gasteiger partial charge is 0.369 e. The fraction of sp³-hybridized carbons (Fsp3) is 0.636. The van der Waals surface area contributed by atoms with Crippen molar-refractivity contribution in [2.45, 2.75) is 25.3 Å². The molecule has 0 radical (unpaired) electrons. The molecule has 2 heterocycles. The molecule has 17 heavy (non-hydrogen) atoms. The fourth-order valence-electron chi connectivity index (χ4n) is 2.17. The van der Waals surface area contributed by atoms with Gasteiger partial charge in [0.25, 0.3) is 0 Å². The Morgan fingerprint density at radius 2 is 2.47 bits per heavy atom. The summed E-state index contributed by atoms with van der Waals surface area (Å²) in [6.07, 6.45) is 5.40. The van der Waals surface area contributed by atoms with Crippen LogP contribution in [0.4, 0.5) is 5.82 Å². The van der Waals surface area contributed by atoms with Gasteiger partial charge < -0.3 is 10.2 Å². The molecule has 0 bridgehead atoms. The first-order chi connectivity index (χ1) is 8.16. The Kier molecular flexibility index (Phi) is 4.59. The molecule has 1 saturated heterocycles. The Hall–Kier alpha value is -0.390. The highest BCUT2D eigenvalue weighted by molar-refractivity contribution is 9.10. The van der Waals surface area contributed by atoms with Crippen molar-refractivity contribution in [1.82, 2.24) is 14.9 Å². The van der Waals surface area contributed by atoms with Gasteiger partial charge in [-0.2, -0.15) is 4.98 Å². The third kappa shape index (κ3) is 3.53. The van der Waals surface area contributed by atoms with Crippen molar-refractivity contribution in [3.05, 3.63) is 16.0 Å². The average molecular weight is 320 g/mol. The lowest BCUT2D eigenvalue weighted by Crippen LogP contribution is -2.27. The maximum Gasteiger partial charge on any atom is 0.224 e. The number of halogens is 2. The minimum Gasteiger partial charge on any atom is -0.369 e. The molecule has 0 aliphatic carbocycles. The first-order valence-electron chi connectivity index (χ1n) is 5.79. The maximum absolute atomic E-state index is 5.75. The fourth-order valence-corrected chi connectivity index (χ4v) is 2.64. The van der Waals surface area contributed by atoms with E-state index in [1.807, 2.05) is 0 Å². The third-order valence-electron chi connectivity index (χ3n) is 3.16. The van der Waals surface area contributed by atoms with Gasteiger partial charge in [0.2, 0.25) is 5.28 Å². The van der Waals surface area contributed by atoms with E-state index >= 15 is 0 Å². The van der Waals surface area contributed by atoms with Crippen molar-refractivity contribution in [3.8, 4) is 0 Å². The molecular formula is C11H16BrClN4. The highest BCUT2D eigenvalue weighted by Gasteiger charge is 2.20. The second-order valence-corrected chi connectivity index (χ2v) is 5.52. The van der Waals surface area contributed by atoms with E-state index < -0.39 is 0 Å². The van der Waals surface area contributed by atoms with Crippen LogP contribution in [-0.2, 0) is 0 Å². The number of nitrogens with zero attached hydrogens (tertiary/aromatic N) is 3. The molecule has 1 N–H and O–H groups in total. The van der Waals surface area contributed by atoms with Gasteiger partial charge in [-0.15, -0.1) is 0 Å². The lowest BCUT2D eigenvalue weighted by molar-refractivity contribution is 0.301. The van der Waals surface area contributed by atoms with Gasteiger partial charge in [-0.3, -0.25) is 0 Å². The SMILES string of the molecule is CN1CCCC1CCNc1nc(Cl)ncc1Br. The van der Waals surface area contributed by atoms with Crippen LogP contribution in [0, 0.1) is 0 Å². The van der Waals surface area contributed by atoms with Gasteiger partial charge >= 0.3 is 0 Å². The third-order valence-corrected chi connectivity index (χ3v) is 3.92. The summed E-state index contributed by atoms with van der Waals surface area (Å²) in [4.78, 5) is 10.5. The summed E-state index contributed by atoms with van der Waals surface area (Å²) in [7, 11) is 2.19. The second kappa shape index (κ2) is 5.98. The van der Waals surface area contributed by atoms with Crippen LogP contribution in [0.1, 0.15) is 19.3 Å². The summed E-state index contributed by atoms with van der Waals surface area (Å²) in [6, 6.07) is 0.693. The molecule has 94 valence electrons. The van der Waals surface area contributed by atoms with Crippen LogP contribution in [0.5, 0.6) is 0 Å². The molecule has 0 saturated carbocycles. The van der Waals surface area contributed by atoms with Crippen molar-refractivity contribution in [1.29, 1.82) is 0 Å². The lowest BCUT2D eigenvalue weighted by atomic mass is 10.1. The van der Waals surface area contributed by atoms with Crippen LogP contribution in [0.25, 0.3) is 0 Å². The van der Waals surface area contributed by atoms with Gasteiger partial charge in [0.05, 0.1) is 4.47 Å². The molecule has 1 unspecified atom stereocenters. The van der Waals surface area contributed by atoms with Crippen molar-refractivity contribution in [3.63, 3.8) is 0 Å². The van der Waals surface area contributed by atoms with Crippen molar-refractivity contribution < 1.29 is 0 Å². The highest BCUT2D eigenvalue weighted by atomic mass is 79.9. The minimum atomic E-state index is 0.272. The predicted octanol–water partition coefficient (Wildman–Crippen LogP) is 2.79. The Morgan fingerprint density at radius 3 is 3.18 bits per heavy atom. The Morgan fingerprint density at radius 1 is 1.65 bits per heavy atom. The Balaban J connectivity index is 1.83. The van der Waals surface area contributed by atoms with Gasteiger partial charge in [-0.1, -0.05) is 0 Å². The summed E-state index contributed by atoms with van der Waals surface area (Å²) in [5.41, 5.74) is 0. The molecule has 6 heteroatoms.